The summed E-state index contributed by atoms with van der Waals surface area (Å²) in [5.41, 5.74) is 3.89. The molecule has 1 unspecified atom stereocenters. The maximum atomic E-state index is 13.4. The maximum absolute atomic E-state index is 13.4. The Morgan fingerprint density at radius 1 is 1.23 bits per heavy atom. The average Bonchev–Trinajstić information content (AvgIpc) is 3.60. The molecule has 0 spiro atoms. The molecule has 2 heterocycles. The Morgan fingerprint density at radius 2 is 2.06 bits per heavy atom. The number of nitrogens with zero attached hydrogens (tertiary/aromatic N) is 4. The molecular weight excluding hydrogens is 386 g/mol. The van der Waals surface area contributed by atoms with E-state index >= 15 is 0 Å². The fraction of sp³-hybridized carbons (Fsp3) is 0.520. The lowest BCUT2D eigenvalue weighted by Crippen LogP contribution is -2.56. The molecule has 1 N–H and O–H groups in total. The van der Waals surface area contributed by atoms with Gasteiger partial charge in [-0.2, -0.15) is 0 Å². The molecule has 6 heteroatoms. The van der Waals surface area contributed by atoms with E-state index in [1.807, 2.05) is 39.3 Å². The summed E-state index contributed by atoms with van der Waals surface area (Å²) in [7, 11) is 6.05. The van der Waals surface area contributed by atoms with Crippen LogP contribution in [-0.4, -0.2) is 74.6 Å². The van der Waals surface area contributed by atoms with Crippen molar-refractivity contribution < 1.29 is 4.79 Å². The molecule has 0 radical (unpaired) electrons. The van der Waals surface area contributed by atoms with Crippen molar-refractivity contribution in [2.75, 3.05) is 59.2 Å². The molecule has 4 rings (SSSR count). The van der Waals surface area contributed by atoms with Crippen molar-refractivity contribution in [2.24, 2.45) is 5.92 Å². The summed E-state index contributed by atoms with van der Waals surface area (Å²) in [6.45, 7) is 5.18. The molecule has 6 nitrogen and oxygen atoms in total. The van der Waals surface area contributed by atoms with Gasteiger partial charge in [0.2, 0.25) is 5.82 Å². The number of carbonyl (C=O) groups excluding carboxylic acids is 1. The van der Waals surface area contributed by atoms with Crippen LogP contribution in [-0.2, 0) is 17.8 Å². The van der Waals surface area contributed by atoms with Gasteiger partial charge in [-0.15, -0.1) is 0 Å². The zero-order chi connectivity index (χ0) is 21.8. The molecule has 1 amide bonds. The van der Waals surface area contributed by atoms with E-state index in [2.05, 4.69) is 38.3 Å². The molecule has 1 atom stereocenters. The van der Waals surface area contributed by atoms with Gasteiger partial charge in [0.25, 0.3) is 0 Å². The third-order valence-corrected chi connectivity index (χ3v) is 6.69. The van der Waals surface area contributed by atoms with Gasteiger partial charge in [0.1, 0.15) is 13.1 Å². The molecule has 1 fully saturated rings. The van der Waals surface area contributed by atoms with Crippen LogP contribution in [0.15, 0.2) is 42.6 Å². The van der Waals surface area contributed by atoms with Crippen molar-refractivity contribution in [3.05, 3.63) is 53.7 Å². The van der Waals surface area contributed by atoms with Crippen LogP contribution >= 0.6 is 0 Å². The van der Waals surface area contributed by atoms with Crippen LogP contribution in [0.3, 0.4) is 0 Å². The normalized spacial score (nSPS) is 18.5. The molecule has 1 aromatic heterocycles. The number of fused-ring (bicyclic) bond motifs is 1. The zero-order valence-electron chi connectivity index (χ0n) is 19.2. The summed E-state index contributed by atoms with van der Waals surface area (Å²) >= 11 is 0. The predicted octanol–water partition coefficient (Wildman–Crippen LogP) is 2.99. The minimum Gasteiger partial charge on any atom is -0.373 e. The van der Waals surface area contributed by atoms with Gasteiger partial charge in [-0.1, -0.05) is 18.2 Å². The molecule has 1 aromatic carbocycles. The molecule has 0 bridgehead atoms. The molecule has 1 aliphatic carbocycles. The van der Waals surface area contributed by atoms with Gasteiger partial charge in [0, 0.05) is 44.1 Å². The van der Waals surface area contributed by atoms with Gasteiger partial charge < -0.3 is 10.2 Å². The third-order valence-electron chi connectivity index (χ3n) is 6.69. The number of quaternary nitrogens is 1. The second-order valence-electron chi connectivity index (χ2n) is 9.53. The monoisotopic (exact) mass is 422 g/mol. The first-order valence-corrected chi connectivity index (χ1v) is 11.5. The highest BCUT2D eigenvalue weighted by molar-refractivity contribution is 5.90. The lowest BCUT2D eigenvalue weighted by molar-refractivity contribution is -0.127. The van der Waals surface area contributed by atoms with Gasteiger partial charge in [-0.25, -0.2) is 14.3 Å². The summed E-state index contributed by atoms with van der Waals surface area (Å²) in [5, 5.41) is 3.48. The Labute approximate surface area is 186 Å². The number of hydrogen-bond acceptors (Lipinski definition) is 5. The Bertz CT molecular complexity index is 896. The van der Waals surface area contributed by atoms with Crippen molar-refractivity contribution in [3.8, 4) is 0 Å². The van der Waals surface area contributed by atoms with E-state index in [-0.39, 0.29) is 10.4 Å². The van der Waals surface area contributed by atoms with E-state index in [1.54, 1.807) is 6.20 Å². The van der Waals surface area contributed by atoms with E-state index in [0.717, 1.165) is 43.5 Å². The van der Waals surface area contributed by atoms with Gasteiger partial charge in [-0.05, 0) is 62.5 Å². The minimum absolute atomic E-state index is 0.129. The van der Waals surface area contributed by atoms with Crippen molar-refractivity contribution in [2.45, 2.75) is 25.8 Å². The number of nitrogens with one attached hydrogen (secondary N) is 1. The Morgan fingerprint density at radius 3 is 2.77 bits per heavy atom. The highest BCUT2D eigenvalue weighted by Crippen LogP contribution is 2.33. The first kappa shape index (κ1) is 21.9. The smallest absolute Gasteiger partial charge is 0.339 e. The quantitative estimate of drug-likeness (QED) is 0.630. The van der Waals surface area contributed by atoms with Crippen molar-refractivity contribution in [1.82, 2.24) is 19.3 Å². The second-order valence-corrected chi connectivity index (χ2v) is 9.53. The van der Waals surface area contributed by atoms with Crippen molar-refractivity contribution in [3.63, 3.8) is 0 Å². The molecular formula is C25H36N5O+. The molecule has 0 saturated heterocycles. The molecule has 2 aliphatic rings. The topological polar surface area (TPSA) is 48.5 Å². The van der Waals surface area contributed by atoms with Gasteiger partial charge in [0.05, 0.1) is 7.05 Å². The number of aromatic nitrogens is 1. The Kier molecular flexibility index (Phi) is 6.70. The number of anilines is 1. The number of amides is 1. The largest absolute Gasteiger partial charge is 0.373 e. The highest BCUT2D eigenvalue weighted by Gasteiger charge is 2.35. The Balaban J connectivity index is 1.45. The van der Waals surface area contributed by atoms with Crippen LogP contribution in [0, 0.1) is 5.92 Å². The Hall–Kier alpha value is -2.28. The van der Waals surface area contributed by atoms with Crippen LogP contribution in [0.1, 0.15) is 24.0 Å². The SMILES string of the molecule is CN(C)CC[N+](C)(C(=O)CNc1cccc2c1CCN(CC1CC1)C2)c1ccccn1. The lowest BCUT2D eigenvalue weighted by Gasteiger charge is -2.32. The number of hydrogen-bond donors (Lipinski definition) is 1. The van der Waals surface area contributed by atoms with Crippen LogP contribution < -0.4 is 9.80 Å². The van der Waals surface area contributed by atoms with E-state index in [1.165, 1.54) is 30.5 Å². The molecule has 31 heavy (non-hydrogen) atoms. The maximum Gasteiger partial charge on any atom is 0.339 e. The fourth-order valence-corrected chi connectivity index (χ4v) is 4.41. The van der Waals surface area contributed by atoms with E-state index in [4.69, 9.17) is 0 Å². The third kappa shape index (κ3) is 5.32. The van der Waals surface area contributed by atoms with Crippen molar-refractivity contribution in [1.29, 1.82) is 0 Å². The molecule has 166 valence electrons. The van der Waals surface area contributed by atoms with E-state index < -0.39 is 0 Å². The number of carbonyl (C=O) groups is 1. The number of benzene rings is 1. The van der Waals surface area contributed by atoms with E-state index in [9.17, 15) is 4.79 Å². The highest BCUT2D eigenvalue weighted by atomic mass is 16.2. The first-order valence-electron chi connectivity index (χ1n) is 11.5. The van der Waals surface area contributed by atoms with Crippen molar-refractivity contribution >= 4 is 17.4 Å². The summed E-state index contributed by atoms with van der Waals surface area (Å²) in [6, 6.07) is 12.3. The van der Waals surface area contributed by atoms with Gasteiger partial charge in [0.15, 0.2) is 0 Å². The first-order chi connectivity index (χ1) is 15.0. The summed E-state index contributed by atoms with van der Waals surface area (Å²) in [5.74, 6) is 1.84. The minimum atomic E-state index is 0.129. The van der Waals surface area contributed by atoms with Gasteiger partial charge >= 0.3 is 5.91 Å². The summed E-state index contributed by atoms with van der Waals surface area (Å²) in [6.07, 6.45) is 5.61. The summed E-state index contributed by atoms with van der Waals surface area (Å²) < 4.78 is 0.191. The van der Waals surface area contributed by atoms with Crippen LogP contribution in [0.25, 0.3) is 0 Å². The number of likely N-dealkylation sites (N-methyl/N-ethyl adjacent to an activating group) is 2. The average molecular weight is 423 g/mol. The van der Waals surface area contributed by atoms with Crippen LogP contribution in [0.2, 0.25) is 0 Å². The van der Waals surface area contributed by atoms with Crippen LogP contribution in [0.4, 0.5) is 11.5 Å². The summed E-state index contributed by atoms with van der Waals surface area (Å²) in [4.78, 5) is 22.7. The zero-order valence-corrected chi connectivity index (χ0v) is 19.2. The molecule has 1 aliphatic heterocycles. The molecule has 2 aromatic rings. The fourth-order valence-electron chi connectivity index (χ4n) is 4.41. The number of rotatable bonds is 9. The number of pyridine rings is 1. The second kappa shape index (κ2) is 9.47. The standard InChI is InChI=1S/C25H36N5O/c1-28(2)15-16-30(3,24-9-4-5-13-26-24)25(31)17-27-23-8-6-7-21-19-29(14-12-22(21)23)18-20-10-11-20/h4-9,13,20,27H,10-12,14-19H2,1-3H3/q+1. The lowest BCUT2D eigenvalue weighted by atomic mass is 9.97. The van der Waals surface area contributed by atoms with E-state index in [0.29, 0.717) is 13.1 Å². The van der Waals surface area contributed by atoms with Crippen LogP contribution in [0.5, 0.6) is 0 Å². The molecule has 1 saturated carbocycles. The predicted molar refractivity (Wildman–Crippen MR) is 127 cm³/mol. The van der Waals surface area contributed by atoms with Gasteiger partial charge in [-0.3, -0.25) is 4.90 Å².